The van der Waals surface area contributed by atoms with Crippen LogP contribution in [-0.2, 0) is 9.53 Å². The average molecular weight is 413 g/mol. The summed E-state index contributed by atoms with van der Waals surface area (Å²) < 4.78 is 11.3. The van der Waals surface area contributed by atoms with Crippen LogP contribution in [0, 0.1) is 0 Å². The van der Waals surface area contributed by atoms with Crippen molar-refractivity contribution in [2.24, 2.45) is 5.10 Å². The number of likely N-dealkylation sites (N-methyl/N-ethyl adjacent to an activating group) is 1. The number of hydrogen-bond donors (Lipinski definition) is 0. The number of hydrogen-bond acceptors (Lipinski definition) is 6. The van der Waals surface area contributed by atoms with Crippen LogP contribution in [0.25, 0.3) is 0 Å². The molecular formula is C18H22Cl2N4O3. The number of halogens is 2. The van der Waals surface area contributed by atoms with Gasteiger partial charge in [-0.05, 0) is 38.4 Å². The number of anilines is 1. The van der Waals surface area contributed by atoms with Gasteiger partial charge in [-0.25, -0.2) is 4.98 Å². The van der Waals surface area contributed by atoms with Crippen LogP contribution in [0.15, 0.2) is 53.8 Å². The lowest BCUT2D eigenvalue weighted by Gasteiger charge is -2.24. The second kappa shape index (κ2) is 10.7. The van der Waals surface area contributed by atoms with E-state index in [0.717, 1.165) is 6.54 Å². The van der Waals surface area contributed by atoms with Crippen molar-refractivity contribution in [2.75, 3.05) is 38.9 Å². The Labute approximate surface area is 170 Å². The number of rotatable bonds is 6. The predicted molar refractivity (Wildman–Crippen MR) is 109 cm³/mol. The molecule has 27 heavy (non-hydrogen) atoms. The van der Waals surface area contributed by atoms with Gasteiger partial charge in [0.1, 0.15) is 6.61 Å². The van der Waals surface area contributed by atoms with E-state index in [-0.39, 0.29) is 43.2 Å². The molecule has 9 heteroatoms. The molecule has 7 nitrogen and oxygen atoms in total. The van der Waals surface area contributed by atoms with Gasteiger partial charge in [-0.1, -0.05) is 18.2 Å². The first-order chi connectivity index (χ1) is 12.1. The molecule has 1 aromatic carbocycles. The normalized spacial score (nSPS) is 13.2. The smallest absolute Gasteiger partial charge is 0.285 e. The third kappa shape index (κ3) is 5.82. The van der Waals surface area contributed by atoms with Crippen molar-refractivity contribution < 1.29 is 14.3 Å². The molecule has 0 N–H and O–H groups in total. The Balaban J connectivity index is 0.00000182. The lowest BCUT2D eigenvalue weighted by molar-refractivity contribution is -0.121. The van der Waals surface area contributed by atoms with E-state index < -0.39 is 0 Å². The maximum absolute atomic E-state index is 12.1. The second-order valence-electron chi connectivity index (χ2n) is 5.74. The van der Waals surface area contributed by atoms with Crippen molar-refractivity contribution in [3.05, 3.63) is 54.4 Å². The zero-order chi connectivity index (χ0) is 17.6. The number of hydrazone groups is 1. The summed E-state index contributed by atoms with van der Waals surface area (Å²) in [6, 6.07) is 12.8. The summed E-state index contributed by atoms with van der Waals surface area (Å²) in [6.07, 6.45) is 1.64. The number of ether oxygens (including phenoxy) is 2. The zero-order valence-corrected chi connectivity index (χ0v) is 16.7. The molecule has 3 rings (SSSR count). The third-order valence-electron chi connectivity index (χ3n) is 3.53. The van der Waals surface area contributed by atoms with E-state index in [1.807, 2.05) is 55.4 Å². The highest BCUT2D eigenvalue weighted by Crippen LogP contribution is 2.22. The minimum atomic E-state index is -0.235. The van der Waals surface area contributed by atoms with Crippen molar-refractivity contribution in [1.82, 2.24) is 9.88 Å². The maximum atomic E-state index is 12.1. The zero-order valence-electron chi connectivity index (χ0n) is 15.1. The number of carbonyl (C=O) groups is 1. The summed E-state index contributed by atoms with van der Waals surface area (Å²) in [5, 5.41) is 5.66. The van der Waals surface area contributed by atoms with Crippen molar-refractivity contribution in [1.29, 1.82) is 0 Å². The van der Waals surface area contributed by atoms with Crippen LogP contribution in [0.5, 0.6) is 5.75 Å². The molecule has 1 aliphatic heterocycles. The molecule has 146 valence electrons. The lowest BCUT2D eigenvalue weighted by Crippen LogP contribution is -2.37. The molecule has 2 heterocycles. The summed E-state index contributed by atoms with van der Waals surface area (Å²) in [4.78, 5) is 18.5. The number of amides is 1. The van der Waals surface area contributed by atoms with Crippen LogP contribution in [0.4, 0.5) is 5.69 Å². The van der Waals surface area contributed by atoms with Crippen LogP contribution in [-0.4, -0.2) is 55.5 Å². The van der Waals surface area contributed by atoms with Crippen LogP contribution in [0.2, 0.25) is 0 Å². The Kier molecular flexibility index (Phi) is 9.00. The second-order valence-corrected chi connectivity index (χ2v) is 5.74. The Morgan fingerprint density at radius 2 is 1.89 bits per heavy atom. The van der Waals surface area contributed by atoms with E-state index in [1.54, 1.807) is 12.3 Å². The molecule has 0 saturated carbocycles. The van der Waals surface area contributed by atoms with E-state index in [0.29, 0.717) is 23.7 Å². The Bertz CT molecular complexity index is 772. The molecule has 0 aliphatic carbocycles. The van der Waals surface area contributed by atoms with Gasteiger partial charge in [-0.15, -0.1) is 29.9 Å². The quantitative estimate of drug-likeness (QED) is 0.729. The van der Waals surface area contributed by atoms with Gasteiger partial charge < -0.3 is 14.4 Å². The fourth-order valence-corrected chi connectivity index (χ4v) is 2.26. The molecule has 0 atom stereocenters. The molecular weight excluding hydrogens is 391 g/mol. The van der Waals surface area contributed by atoms with E-state index in [1.165, 1.54) is 5.01 Å². The Morgan fingerprint density at radius 3 is 2.59 bits per heavy atom. The first kappa shape index (κ1) is 22.7. The molecule has 0 spiro atoms. The molecule has 1 aliphatic rings. The van der Waals surface area contributed by atoms with E-state index in [2.05, 4.69) is 10.1 Å². The highest BCUT2D eigenvalue weighted by Gasteiger charge is 2.26. The van der Waals surface area contributed by atoms with E-state index in [9.17, 15) is 4.79 Å². The SMILES string of the molecule is CN(C)CCOc1cccnc1C1=NN(c2ccccc2)C(=O)CO1.Cl.Cl. The highest BCUT2D eigenvalue weighted by atomic mass is 35.5. The summed E-state index contributed by atoms with van der Waals surface area (Å²) >= 11 is 0. The summed E-state index contributed by atoms with van der Waals surface area (Å²) in [5.74, 6) is 0.607. The number of para-hydroxylation sites is 1. The van der Waals surface area contributed by atoms with Gasteiger partial charge in [0.15, 0.2) is 18.1 Å². The number of benzene rings is 1. The first-order valence-electron chi connectivity index (χ1n) is 7.97. The molecule has 0 fully saturated rings. The standard InChI is InChI=1S/C18H20N4O3.2ClH/c1-21(2)11-12-24-15-9-6-10-19-17(15)18-20-22(16(23)13-25-18)14-7-4-3-5-8-14;;/h3-10H,11-13H2,1-2H3;2*1H. The van der Waals surface area contributed by atoms with Crippen LogP contribution < -0.4 is 9.75 Å². The topological polar surface area (TPSA) is 67.3 Å². The number of pyridine rings is 1. The number of aromatic nitrogens is 1. The summed E-state index contributed by atoms with van der Waals surface area (Å²) in [7, 11) is 3.95. The third-order valence-corrected chi connectivity index (χ3v) is 3.53. The molecule has 0 bridgehead atoms. The van der Waals surface area contributed by atoms with Gasteiger partial charge >= 0.3 is 0 Å². The summed E-state index contributed by atoms with van der Waals surface area (Å²) in [6.45, 7) is 1.19. The fraction of sp³-hybridized carbons (Fsp3) is 0.278. The van der Waals surface area contributed by atoms with E-state index in [4.69, 9.17) is 9.47 Å². The fourth-order valence-electron chi connectivity index (χ4n) is 2.26. The highest BCUT2D eigenvalue weighted by molar-refractivity contribution is 6.04. The monoisotopic (exact) mass is 412 g/mol. The van der Waals surface area contributed by atoms with E-state index >= 15 is 0 Å². The van der Waals surface area contributed by atoms with Crippen molar-refractivity contribution in [3.8, 4) is 5.75 Å². The van der Waals surface area contributed by atoms with Gasteiger partial charge in [0.05, 0.1) is 5.69 Å². The lowest BCUT2D eigenvalue weighted by atomic mass is 10.3. The van der Waals surface area contributed by atoms with Crippen molar-refractivity contribution >= 4 is 42.3 Å². The Morgan fingerprint density at radius 1 is 1.15 bits per heavy atom. The molecule has 0 radical (unpaired) electrons. The molecule has 2 aromatic rings. The van der Waals surface area contributed by atoms with Gasteiger partial charge in [-0.2, -0.15) is 5.01 Å². The van der Waals surface area contributed by atoms with Gasteiger partial charge in [-0.3, -0.25) is 4.79 Å². The molecule has 1 aromatic heterocycles. The minimum absolute atomic E-state index is 0. The largest absolute Gasteiger partial charge is 0.490 e. The number of nitrogens with zero attached hydrogens (tertiary/aromatic N) is 4. The number of carbonyl (C=O) groups excluding carboxylic acids is 1. The van der Waals surface area contributed by atoms with Gasteiger partial charge in [0.25, 0.3) is 11.8 Å². The predicted octanol–water partition coefficient (Wildman–Crippen LogP) is 2.59. The van der Waals surface area contributed by atoms with Crippen LogP contribution >= 0.6 is 24.8 Å². The molecule has 1 amide bonds. The summed E-state index contributed by atoms with van der Waals surface area (Å²) in [5.41, 5.74) is 1.16. The molecule has 0 saturated heterocycles. The maximum Gasteiger partial charge on any atom is 0.285 e. The molecule has 0 unspecified atom stereocenters. The van der Waals surface area contributed by atoms with Gasteiger partial charge in [0.2, 0.25) is 0 Å². The Hall–Kier alpha value is -2.35. The van der Waals surface area contributed by atoms with Crippen molar-refractivity contribution in [2.45, 2.75) is 0 Å². The van der Waals surface area contributed by atoms with Gasteiger partial charge in [0, 0.05) is 12.7 Å². The van der Waals surface area contributed by atoms with Crippen molar-refractivity contribution in [3.63, 3.8) is 0 Å². The van der Waals surface area contributed by atoms with Crippen LogP contribution in [0.3, 0.4) is 0 Å². The van der Waals surface area contributed by atoms with Crippen LogP contribution in [0.1, 0.15) is 5.69 Å². The minimum Gasteiger partial charge on any atom is -0.490 e. The average Bonchev–Trinajstić information content (AvgIpc) is 2.63. The first-order valence-corrected chi connectivity index (χ1v) is 7.97.